The highest BCUT2D eigenvalue weighted by molar-refractivity contribution is 5.98. The van der Waals surface area contributed by atoms with E-state index < -0.39 is 6.09 Å². The predicted molar refractivity (Wildman–Crippen MR) is 68.9 cm³/mol. The van der Waals surface area contributed by atoms with Crippen LogP contribution in [0.25, 0.3) is 0 Å². The maximum absolute atomic E-state index is 12.8. The lowest BCUT2D eigenvalue weighted by Crippen LogP contribution is -2.54. The number of amides is 3. The number of hydrogen-bond acceptors (Lipinski definition) is 4. The van der Waals surface area contributed by atoms with Crippen molar-refractivity contribution in [1.82, 2.24) is 9.80 Å². The van der Waals surface area contributed by atoms with E-state index in [-0.39, 0.29) is 36.7 Å². The van der Waals surface area contributed by atoms with Crippen LogP contribution in [0.4, 0.5) is 9.18 Å². The molecule has 0 N–H and O–H groups in total. The van der Waals surface area contributed by atoms with Gasteiger partial charge in [-0.3, -0.25) is 9.59 Å². The zero-order valence-electron chi connectivity index (χ0n) is 11.1. The molecule has 0 radical (unpaired) electrons. The minimum atomic E-state index is -0.622. The summed E-state index contributed by atoms with van der Waals surface area (Å²) in [7, 11) is 0. The second kappa shape index (κ2) is 5.16. The van der Waals surface area contributed by atoms with E-state index in [0.717, 1.165) is 4.90 Å². The molecule has 0 aromatic heterocycles. The quantitative estimate of drug-likeness (QED) is 0.829. The minimum Gasteiger partial charge on any atom is -0.439 e. The summed E-state index contributed by atoms with van der Waals surface area (Å²) in [6.45, 7) is 0.995. The van der Waals surface area contributed by atoms with Crippen LogP contribution >= 0.6 is 0 Å². The van der Waals surface area contributed by atoms with E-state index in [1.54, 1.807) is 4.90 Å². The molecule has 0 bridgehead atoms. The van der Waals surface area contributed by atoms with Crippen LogP contribution in [0.1, 0.15) is 10.4 Å². The lowest BCUT2D eigenvalue weighted by molar-refractivity contribution is -0.126. The van der Waals surface area contributed by atoms with Gasteiger partial charge in [0, 0.05) is 31.1 Å². The third kappa shape index (κ3) is 2.58. The number of carbonyl (C=O) groups is 3. The van der Waals surface area contributed by atoms with Gasteiger partial charge in [0.05, 0.1) is 0 Å². The van der Waals surface area contributed by atoms with Crippen LogP contribution in [-0.2, 0) is 9.53 Å². The molecule has 0 spiro atoms. The van der Waals surface area contributed by atoms with Crippen LogP contribution in [0.3, 0.4) is 0 Å². The highest BCUT2D eigenvalue weighted by Gasteiger charge is 2.38. The molecule has 2 fully saturated rings. The molecule has 2 aliphatic heterocycles. The Labute approximate surface area is 120 Å². The van der Waals surface area contributed by atoms with E-state index in [4.69, 9.17) is 0 Å². The number of rotatable bonds is 3. The zero-order chi connectivity index (χ0) is 15.0. The number of nitrogens with zero attached hydrogens (tertiary/aromatic N) is 2. The Balaban J connectivity index is 1.53. The summed E-state index contributed by atoms with van der Waals surface area (Å²) in [6, 6.07) is 5.35. The minimum absolute atomic E-state index is 0.0593. The Morgan fingerprint density at radius 1 is 1.24 bits per heavy atom. The standard InChI is InChI=1S/C14H13FN2O4/c15-11-3-1-10(2-4-11)13(19)16-5-9(6-16)7-17-12(18)8-21-14(17)20/h1-4,9H,5-8H2. The van der Waals surface area contributed by atoms with E-state index >= 15 is 0 Å². The fraction of sp³-hybridized carbons (Fsp3) is 0.357. The number of hydrogen-bond donors (Lipinski definition) is 0. The average molecular weight is 292 g/mol. The average Bonchev–Trinajstić information content (AvgIpc) is 2.73. The Hall–Kier alpha value is -2.44. The molecular formula is C14H13FN2O4. The van der Waals surface area contributed by atoms with Crippen LogP contribution in [0.15, 0.2) is 24.3 Å². The van der Waals surface area contributed by atoms with Crippen molar-refractivity contribution >= 4 is 17.9 Å². The summed E-state index contributed by atoms with van der Waals surface area (Å²) in [4.78, 5) is 37.4. The molecule has 110 valence electrons. The molecule has 0 saturated carbocycles. The van der Waals surface area contributed by atoms with Crippen molar-refractivity contribution in [2.75, 3.05) is 26.2 Å². The van der Waals surface area contributed by atoms with E-state index in [9.17, 15) is 18.8 Å². The van der Waals surface area contributed by atoms with Gasteiger partial charge in [-0.1, -0.05) is 0 Å². The van der Waals surface area contributed by atoms with Crippen molar-refractivity contribution < 1.29 is 23.5 Å². The smallest absolute Gasteiger partial charge is 0.417 e. The van der Waals surface area contributed by atoms with Gasteiger partial charge < -0.3 is 9.64 Å². The van der Waals surface area contributed by atoms with Crippen molar-refractivity contribution in [1.29, 1.82) is 0 Å². The molecule has 1 aromatic carbocycles. The van der Waals surface area contributed by atoms with E-state index in [1.807, 2.05) is 0 Å². The third-order valence-electron chi connectivity index (χ3n) is 3.62. The van der Waals surface area contributed by atoms with Crippen LogP contribution in [0.2, 0.25) is 0 Å². The molecule has 0 aliphatic carbocycles. The van der Waals surface area contributed by atoms with Crippen LogP contribution in [0, 0.1) is 11.7 Å². The first kappa shape index (κ1) is 13.5. The van der Waals surface area contributed by atoms with Gasteiger partial charge >= 0.3 is 6.09 Å². The highest BCUT2D eigenvalue weighted by Crippen LogP contribution is 2.21. The first-order valence-electron chi connectivity index (χ1n) is 6.56. The van der Waals surface area contributed by atoms with Gasteiger partial charge in [-0.2, -0.15) is 0 Å². The van der Waals surface area contributed by atoms with Gasteiger partial charge in [0.1, 0.15) is 5.82 Å². The highest BCUT2D eigenvalue weighted by atomic mass is 19.1. The lowest BCUT2D eigenvalue weighted by atomic mass is 9.98. The molecule has 0 atom stereocenters. The second-order valence-corrected chi connectivity index (χ2v) is 5.14. The summed E-state index contributed by atoms with van der Waals surface area (Å²) < 4.78 is 17.4. The monoisotopic (exact) mass is 292 g/mol. The number of imide groups is 1. The Kier molecular flexibility index (Phi) is 3.32. The molecule has 2 saturated heterocycles. The molecule has 1 aromatic rings. The fourth-order valence-electron chi connectivity index (χ4n) is 2.44. The summed E-state index contributed by atoms with van der Waals surface area (Å²) in [5.41, 5.74) is 0.423. The van der Waals surface area contributed by atoms with E-state index in [1.165, 1.54) is 24.3 Å². The molecule has 2 heterocycles. The Morgan fingerprint density at radius 3 is 2.48 bits per heavy atom. The van der Waals surface area contributed by atoms with Crippen molar-refractivity contribution in [2.24, 2.45) is 5.92 Å². The summed E-state index contributed by atoms with van der Waals surface area (Å²) in [6.07, 6.45) is -0.622. The Morgan fingerprint density at radius 2 is 1.90 bits per heavy atom. The molecule has 2 aliphatic rings. The molecule has 21 heavy (non-hydrogen) atoms. The first-order valence-corrected chi connectivity index (χ1v) is 6.56. The SMILES string of the molecule is O=C(c1ccc(F)cc1)N1CC(CN2C(=O)COC2=O)C1. The summed E-state index contributed by atoms with van der Waals surface area (Å²) in [5, 5.41) is 0. The lowest BCUT2D eigenvalue weighted by Gasteiger charge is -2.40. The number of halogens is 1. The van der Waals surface area contributed by atoms with Gasteiger partial charge in [0.25, 0.3) is 11.8 Å². The van der Waals surface area contributed by atoms with E-state index in [0.29, 0.717) is 18.7 Å². The molecular weight excluding hydrogens is 279 g/mol. The maximum Gasteiger partial charge on any atom is 0.417 e. The van der Waals surface area contributed by atoms with Gasteiger partial charge in [-0.25, -0.2) is 14.1 Å². The molecule has 3 rings (SSSR count). The molecule has 3 amide bonds. The van der Waals surface area contributed by atoms with Gasteiger partial charge in [0.15, 0.2) is 6.61 Å². The maximum atomic E-state index is 12.8. The predicted octanol–water partition coefficient (Wildman–Crippen LogP) is 0.877. The number of carbonyl (C=O) groups excluding carboxylic acids is 3. The van der Waals surface area contributed by atoms with Crippen molar-refractivity contribution in [2.45, 2.75) is 0 Å². The van der Waals surface area contributed by atoms with Gasteiger partial charge in [-0.15, -0.1) is 0 Å². The summed E-state index contributed by atoms with van der Waals surface area (Å²) >= 11 is 0. The van der Waals surface area contributed by atoms with Gasteiger partial charge in [-0.05, 0) is 24.3 Å². The number of benzene rings is 1. The molecule has 7 heteroatoms. The van der Waals surface area contributed by atoms with Crippen LogP contribution < -0.4 is 0 Å². The number of ether oxygens (including phenoxy) is 1. The van der Waals surface area contributed by atoms with Gasteiger partial charge in [0.2, 0.25) is 0 Å². The molecule has 6 nitrogen and oxygen atoms in total. The summed E-state index contributed by atoms with van der Waals surface area (Å²) in [5.74, 6) is -0.854. The van der Waals surface area contributed by atoms with Crippen molar-refractivity contribution in [3.63, 3.8) is 0 Å². The van der Waals surface area contributed by atoms with Crippen LogP contribution in [-0.4, -0.2) is 53.9 Å². The third-order valence-corrected chi connectivity index (χ3v) is 3.62. The Bertz CT molecular complexity index is 579. The second-order valence-electron chi connectivity index (χ2n) is 5.14. The topological polar surface area (TPSA) is 66.9 Å². The first-order chi connectivity index (χ1) is 10.0. The zero-order valence-corrected chi connectivity index (χ0v) is 11.1. The number of likely N-dealkylation sites (tertiary alicyclic amines) is 1. The van der Waals surface area contributed by atoms with Crippen molar-refractivity contribution in [3.8, 4) is 0 Å². The largest absolute Gasteiger partial charge is 0.439 e. The normalized spacial score (nSPS) is 18.7. The molecule has 0 unspecified atom stereocenters. The number of cyclic esters (lactones) is 1. The van der Waals surface area contributed by atoms with Crippen molar-refractivity contribution in [3.05, 3.63) is 35.6 Å². The van der Waals surface area contributed by atoms with Crippen LogP contribution in [0.5, 0.6) is 0 Å². The van der Waals surface area contributed by atoms with E-state index in [2.05, 4.69) is 4.74 Å². The fourth-order valence-corrected chi connectivity index (χ4v) is 2.44.